The van der Waals surface area contributed by atoms with E-state index in [0.29, 0.717) is 44.8 Å². The number of methoxy groups -OCH3 is 2. The first-order valence-electron chi connectivity index (χ1n) is 10.2. The van der Waals surface area contributed by atoms with Crippen molar-refractivity contribution in [3.63, 3.8) is 0 Å². The first kappa shape index (κ1) is 18.4. The van der Waals surface area contributed by atoms with Crippen LogP contribution in [0.4, 0.5) is 0 Å². The molecule has 2 aromatic heterocycles. The van der Waals surface area contributed by atoms with Crippen molar-refractivity contribution in [2.24, 2.45) is 0 Å². The summed E-state index contributed by atoms with van der Waals surface area (Å²) in [5, 5.41) is 1.76. The van der Waals surface area contributed by atoms with Gasteiger partial charge in [0.05, 0.1) is 36.6 Å². The summed E-state index contributed by atoms with van der Waals surface area (Å²) >= 11 is 0. The van der Waals surface area contributed by atoms with E-state index in [1.807, 2.05) is 48.7 Å². The Morgan fingerprint density at radius 1 is 0.812 bits per heavy atom. The second kappa shape index (κ2) is 6.59. The minimum atomic E-state index is -0.271. The van der Waals surface area contributed by atoms with E-state index in [-0.39, 0.29) is 11.3 Å². The fourth-order valence-electron chi connectivity index (χ4n) is 4.80. The van der Waals surface area contributed by atoms with E-state index in [2.05, 4.69) is 4.98 Å². The summed E-state index contributed by atoms with van der Waals surface area (Å²) in [6.07, 6.45) is 1.84. The summed E-state index contributed by atoms with van der Waals surface area (Å²) in [7, 11) is 3.02. The molecule has 0 spiro atoms. The third kappa shape index (κ3) is 2.23. The van der Waals surface area contributed by atoms with Gasteiger partial charge in [0.1, 0.15) is 0 Å². The van der Waals surface area contributed by atoms with Crippen LogP contribution in [0, 0.1) is 0 Å². The number of nitrogens with one attached hydrogen (secondary N) is 1. The number of rotatable bonds is 3. The van der Waals surface area contributed by atoms with Crippen molar-refractivity contribution < 1.29 is 14.3 Å². The number of aromatic amines is 1. The van der Waals surface area contributed by atoms with Gasteiger partial charge < -0.3 is 14.5 Å². The molecule has 6 nitrogen and oxygen atoms in total. The molecule has 0 aliphatic heterocycles. The van der Waals surface area contributed by atoms with Crippen molar-refractivity contribution in [2.45, 2.75) is 0 Å². The summed E-state index contributed by atoms with van der Waals surface area (Å²) in [5.74, 6) is 0.644. The molecule has 1 N–H and O–H groups in total. The quantitative estimate of drug-likeness (QED) is 0.449. The highest BCUT2D eigenvalue weighted by Gasteiger charge is 2.34. The third-order valence-electron chi connectivity index (χ3n) is 6.16. The number of benzene rings is 3. The molecule has 1 aliphatic carbocycles. The normalized spacial score (nSPS) is 12.2. The molecule has 2 heterocycles. The lowest BCUT2D eigenvalue weighted by Gasteiger charge is -2.18. The molecule has 0 amide bonds. The Morgan fingerprint density at radius 2 is 1.62 bits per heavy atom. The van der Waals surface area contributed by atoms with Gasteiger partial charge >= 0.3 is 0 Å². The Bertz CT molecular complexity index is 1640. The summed E-state index contributed by atoms with van der Waals surface area (Å²) < 4.78 is 12.7. The van der Waals surface area contributed by atoms with E-state index in [1.54, 1.807) is 22.8 Å². The van der Waals surface area contributed by atoms with Crippen LogP contribution in [0.1, 0.15) is 15.9 Å². The van der Waals surface area contributed by atoms with E-state index >= 15 is 0 Å². The van der Waals surface area contributed by atoms with Crippen LogP contribution in [0.3, 0.4) is 0 Å². The summed E-state index contributed by atoms with van der Waals surface area (Å²) in [6.45, 7) is 0. The van der Waals surface area contributed by atoms with Crippen LogP contribution >= 0.6 is 0 Å². The average Bonchev–Trinajstić information content (AvgIpc) is 3.42. The monoisotopic (exact) mass is 422 g/mol. The molecule has 156 valence electrons. The van der Waals surface area contributed by atoms with E-state index in [4.69, 9.17) is 9.47 Å². The zero-order valence-electron chi connectivity index (χ0n) is 17.4. The zero-order chi connectivity index (χ0) is 22.0. The van der Waals surface area contributed by atoms with Crippen LogP contribution in [0.25, 0.3) is 38.6 Å². The van der Waals surface area contributed by atoms with Crippen molar-refractivity contribution >= 4 is 27.5 Å². The van der Waals surface area contributed by atoms with Gasteiger partial charge in [-0.05, 0) is 30.3 Å². The first-order chi connectivity index (χ1) is 15.7. The highest BCUT2D eigenvalue weighted by atomic mass is 16.5. The van der Waals surface area contributed by atoms with Gasteiger partial charge in [0, 0.05) is 33.6 Å². The van der Waals surface area contributed by atoms with Crippen LogP contribution in [0.2, 0.25) is 0 Å². The maximum absolute atomic E-state index is 14.1. The molecule has 0 fully saturated rings. The molecule has 6 rings (SSSR count). The fourth-order valence-corrected chi connectivity index (χ4v) is 4.80. The van der Waals surface area contributed by atoms with Crippen LogP contribution < -0.4 is 15.0 Å². The van der Waals surface area contributed by atoms with Crippen molar-refractivity contribution in [2.75, 3.05) is 14.2 Å². The molecule has 1 aliphatic rings. The number of carbonyl (C=O) groups excluding carboxylic acids is 1. The highest BCUT2D eigenvalue weighted by Crippen LogP contribution is 2.44. The van der Waals surface area contributed by atoms with Crippen molar-refractivity contribution in [1.29, 1.82) is 0 Å². The Hall–Kier alpha value is -4.32. The minimum absolute atomic E-state index is 0.109. The van der Waals surface area contributed by atoms with E-state index in [0.717, 1.165) is 16.5 Å². The molecule has 0 saturated heterocycles. The number of hydrogen-bond donors (Lipinski definition) is 1. The van der Waals surface area contributed by atoms with Crippen LogP contribution in [0.15, 0.2) is 71.7 Å². The maximum atomic E-state index is 14.1. The number of H-pyrrole nitrogens is 1. The number of aromatic nitrogens is 2. The molecule has 32 heavy (non-hydrogen) atoms. The number of fused-ring (bicyclic) bond motifs is 6. The van der Waals surface area contributed by atoms with Crippen molar-refractivity contribution in [1.82, 2.24) is 9.55 Å². The van der Waals surface area contributed by atoms with Gasteiger partial charge in [0.25, 0.3) is 5.56 Å². The second-order valence-corrected chi connectivity index (χ2v) is 7.68. The number of hydrogen-bond acceptors (Lipinski definition) is 4. The molecule has 0 unspecified atom stereocenters. The Balaban J connectivity index is 1.89. The molecule has 6 heteroatoms. The number of pyridine rings is 1. The largest absolute Gasteiger partial charge is 0.493 e. The highest BCUT2D eigenvalue weighted by molar-refractivity contribution is 6.27. The Morgan fingerprint density at radius 3 is 2.41 bits per heavy atom. The molecule has 0 saturated carbocycles. The van der Waals surface area contributed by atoms with Crippen LogP contribution in [-0.2, 0) is 0 Å². The SMILES string of the molecule is COc1ccc2c3c(n(-c4cccc5[nH]ccc45)c(=O)c2c1OC)-c1ccccc1C3=O. The summed E-state index contributed by atoms with van der Waals surface area (Å²) in [6, 6.07) is 18.6. The topological polar surface area (TPSA) is 73.3 Å². The predicted molar refractivity (Wildman–Crippen MR) is 123 cm³/mol. The van der Waals surface area contributed by atoms with E-state index in [1.165, 1.54) is 14.2 Å². The van der Waals surface area contributed by atoms with E-state index < -0.39 is 0 Å². The molecule has 5 aromatic rings. The Kier molecular flexibility index (Phi) is 3.80. The maximum Gasteiger partial charge on any atom is 0.267 e. The minimum Gasteiger partial charge on any atom is -0.493 e. The number of nitrogens with zero attached hydrogens (tertiary/aromatic N) is 1. The van der Waals surface area contributed by atoms with Gasteiger partial charge in [-0.25, -0.2) is 0 Å². The number of ketones is 1. The standard InChI is InChI=1S/C26H18N2O4/c1-31-20-11-10-17-21-23(14-6-3-4-7-15(14)24(21)29)28(26(30)22(17)25(20)32-2)19-9-5-8-18-16(19)12-13-27-18/h3-13,27H,1-2H3. The summed E-state index contributed by atoms with van der Waals surface area (Å²) in [5.41, 5.74) is 3.75. The van der Waals surface area contributed by atoms with Gasteiger partial charge in [-0.3, -0.25) is 14.2 Å². The Labute approximate surface area is 182 Å². The van der Waals surface area contributed by atoms with E-state index in [9.17, 15) is 9.59 Å². The third-order valence-corrected chi connectivity index (χ3v) is 6.16. The van der Waals surface area contributed by atoms with Gasteiger partial charge in [0.15, 0.2) is 17.3 Å². The second-order valence-electron chi connectivity index (χ2n) is 7.68. The predicted octanol–water partition coefficient (Wildman–Crippen LogP) is 4.70. The van der Waals surface area contributed by atoms with Gasteiger partial charge in [-0.1, -0.05) is 30.3 Å². The molecule has 0 bridgehead atoms. The average molecular weight is 422 g/mol. The zero-order valence-corrected chi connectivity index (χ0v) is 17.4. The van der Waals surface area contributed by atoms with Gasteiger partial charge in [0.2, 0.25) is 0 Å². The first-order valence-corrected chi connectivity index (χ1v) is 10.2. The van der Waals surface area contributed by atoms with Crippen molar-refractivity contribution in [3.05, 3.63) is 88.3 Å². The van der Waals surface area contributed by atoms with Gasteiger partial charge in [-0.15, -0.1) is 0 Å². The molecular weight excluding hydrogens is 404 g/mol. The smallest absolute Gasteiger partial charge is 0.267 e. The summed E-state index contributed by atoms with van der Waals surface area (Å²) in [4.78, 5) is 30.9. The molecule has 0 atom stereocenters. The number of carbonyl (C=O) groups is 1. The van der Waals surface area contributed by atoms with Gasteiger partial charge in [-0.2, -0.15) is 0 Å². The van der Waals surface area contributed by atoms with Crippen molar-refractivity contribution in [3.8, 4) is 28.4 Å². The molecular formula is C26H18N2O4. The van der Waals surface area contributed by atoms with Crippen LogP contribution in [0.5, 0.6) is 11.5 Å². The molecule has 3 aromatic carbocycles. The lowest BCUT2D eigenvalue weighted by atomic mass is 10.0. The number of ether oxygens (including phenoxy) is 2. The fraction of sp³-hybridized carbons (Fsp3) is 0.0769. The van der Waals surface area contributed by atoms with Crippen LogP contribution in [-0.4, -0.2) is 29.6 Å². The lowest BCUT2D eigenvalue weighted by Crippen LogP contribution is -2.22. The molecule has 0 radical (unpaired) electrons. The lowest BCUT2D eigenvalue weighted by molar-refractivity contribution is 0.104.